The smallest absolute Gasteiger partial charge is 0.338 e. The number of amides is 2. The Bertz CT molecular complexity index is 421. The lowest BCUT2D eigenvalue weighted by Gasteiger charge is -2.29. The van der Waals surface area contributed by atoms with Crippen molar-refractivity contribution >= 4 is 11.8 Å². The van der Waals surface area contributed by atoms with E-state index in [1.807, 2.05) is 12.1 Å². The minimum Gasteiger partial charge on any atom is -0.378 e. The number of carbonyl (C=O) groups is 1. The summed E-state index contributed by atoms with van der Waals surface area (Å²) in [5, 5.41) is 2.71. The first-order valence-corrected chi connectivity index (χ1v) is 6.14. The number of morpholine rings is 1. The molecular weight excluding hydrogens is 248 g/mol. The van der Waals surface area contributed by atoms with Gasteiger partial charge in [0, 0.05) is 31.4 Å². The average Bonchev–Trinajstić information content (AvgIpc) is 2.47. The van der Waals surface area contributed by atoms with E-state index in [0.29, 0.717) is 19.8 Å². The molecule has 0 saturated carbocycles. The van der Waals surface area contributed by atoms with Gasteiger partial charge < -0.3 is 15.0 Å². The lowest BCUT2D eigenvalue weighted by Crippen LogP contribution is -2.38. The van der Waals surface area contributed by atoms with Crippen LogP contribution >= 0.6 is 0 Å². The molecule has 1 aromatic rings. The van der Waals surface area contributed by atoms with Crippen LogP contribution in [0.5, 0.6) is 0 Å². The van der Waals surface area contributed by atoms with Gasteiger partial charge in [-0.1, -0.05) is 6.07 Å². The molecule has 104 valence electrons. The highest BCUT2D eigenvalue weighted by Crippen LogP contribution is 2.18. The molecule has 0 spiro atoms. The van der Waals surface area contributed by atoms with Crippen LogP contribution in [-0.2, 0) is 16.1 Å². The summed E-state index contributed by atoms with van der Waals surface area (Å²) in [5.74, 6) is 0.892. The van der Waals surface area contributed by atoms with Crippen LogP contribution < -0.4 is 15.7 Å². The first kappa shape index (κ1) is 13.6. The number of hydrogen-bond acceptors (Lipinski definition) is 5. The van der Waals surface area contributed by atoms with Crippen LogP contribution in [0.15, 0.2) is 18.3 Å². The number of hydroxylamine groups is 1. The van der Waals surface area contributed by atoms with E-state index >= 15 is 0 Å². The zero-order valence-electron chi connectivity index (χ0n) is 10.9. The van der Waals surface area contributed by atoms with Crippen molar-refractivity contribution in [2.24, 2.45) is 0 Å². The number of aromatic nitrogens is 1. The Hall–Kier alpha value is -1.86. The number of urea groups is 1. The van der Waals surface area contributed by atoms with E-state index in [1.165, 1.54) is 7.11 Å². The molecule has 0 aliphatic carbocycles. The summed E-state index contributed by atoms with van der Waals surface area (Å²) < 4.78 is 5.33. The first-order chi connectivity index (χ1) is 9.31. The number of ether oxygens (including phenoxy) is 1. The molecule has 0 radical (unpaired) electrons. The van der Waals surface area contributed by atoms with Gasteiger partial charge in [-0.3, -0.25) is 4.84 Å². The molecule has 19 heavy (non-hydrogen) atoms. The molecule has 2 amide bonds. The van der Waals surface area contributed by atoms with E-state index in [4.69, 9.17) is 4.74 Å². The molecule has 0 unspecified atom stereocenters. The van der Waals surface area contributed by atoms with Crippen LogP contribution in [0.3, 0.4) is 0 Å². The maximum Gasteiger partial charge on any atom is 0.338 e. The van der Waals surface area contributed by atoms with E-state index < -0.39 is 0 Å². The summed E-state index contributed by atoms with van der Waals surface area (Å²) in [6.07, 6.45) is 1.75. The Morgan fingerprint density at radius 2 is 2.32 bits per heavy atom. The second-order valence-electron chi connectivity index (χ2n) is 4.07. The quantitative estimate of drug-likeness (QED) is 0.766. The van der Waals surface area contributed by atoms with E-state index in [1.54, 1.807) is 6.20 Å². The molecule has 0 atom stereocenters. The van der Waals surface area contributed by atoms with Crippen LogP contribution in [-0.4, -0.2) is 44.4 Å². The zero-order chi connectivity index (χ0) is 13.5. The Kier molecular flexibility index (Phi) is 4.93. The lowest BCUT2D eigenvalue weighted by molar-refractivity contribution is 0.107. The van der Waals surface area contributed by atoms with E-state index in [-0.39, 0.29) is 6.03 Å². The highest BCUT2D eigenvalue weighted by molar-refractivity contribution is 5.72. The molecule has 1 aliphatic rings. The number of nitrogens with one attached hydrogen (secondary N) is 2. The van der Waals surface area contributed by atoms with E-state index in [2.05, 4.69) is 25.5 Å². The largest absolute Gasteiger partial charge is 0.378 e. The Labute approximate surface area is 111 Å². The second kappa shape index (κ2) is 6.91. The Balaban J connectivity index is 2.01. The van der Waals surface area contributed by atoms with Crippen molar-refractivity contribution in [2.45, 2.75) is 6.54 Å². The third kappa shape index (κ3) is 3.80. The molecule has 2 N–H and O–H groups in total. The highest BCUT2D eigenvalue weighted by atomic mass is 16.6. The normalized spacial score (nSPS) is 15.1. The Morgan fingerprint density at radius 1 is 1.53 bits per heavy atom. The van der Waals surface area contributed by atoms with Gasteiger partial charge in [-0.15, -0.1) is 0 Å². The van der Waals surface area contributed by atoms with Crippen molar-refractivity contribution in [3.05, 3.63) is 23.9 Å². The van der Waals surface area contributed by atoms with Crippen LogP contribution in [0.4, 0.5) is 10.6 Å². The molecule has 0 aromatic carbocycles. The van der Waals surface area contributed by atoms with Gasteiger partial charge in [0.2, 0.25) is 0 Å². The standard InChI is InChI=1S/C12H18N4O3/c1-18-15-12(17)14-9-10-3-2-4-13-11(10)16-5-7-19-8-6-16/h2-4H,5-9H2,1H3,(H2,14,15,17). The van der Waals surface area contributed by atoms with Crippen LogP contribution in [0, 0.1) is 0 Å². The highest BCUT2D eigenvalue weighted by Gasteiger charge is 2.15. The molecule has 2 heterocycles. The van der Waals surface area contributed by atoms with Crippen molar-refractivity contribution in [3.63, 3.8) is 0 Å². The summed E-state index contributed by atoms with van der Waals surface area (Å²) in [4.78, 5) is 22.4. The molecule has 7 nitrogen and oxygen atoms in total. The summed E-state index contributed by atoms with van der Waals surface area (Å²) in [7, 11) is 1.39. The van der Waals surface area contributed by atoms with E-state index in [9.17, 15) is 4.79 Å². The van der Waals surface area contributed by atoms with Gasteiger partial charge in [0.05, 0.1) is 20.3 Å². The van der Waals surface area contributed by atoms with Crippen LogP contribution in [0.1, 0.15) is 5.56 Å². The van der Waals surface area contributed by atoms with Gasteiger partial charge >= 0.3 is 6.03 Å². The van der Waals surface area contributed by atoms with Crippen molar-refractivity contribution < 1.29 is 14.4 Å². The Morgan fingerprint density at radius 3 is 3.05 bits per heavy atom. The molecule has 1 saturated heterocycles. The second-order valence-corrected chi connectivity index (χ2v) is 4.07. The fourth-order valence-electron chi connectivity index (χ4n) is 1.93. The summed E-state index contributed by atoms with van der Waals surface area (Å²) in [6, 6.07) is 3.43. The molecule has 1 aromatic heterocycles. The number of nitrogens with zero attached hydrogens (tertiary/aromatic N) is 2. The van der Waals surface area contributed by atoms with Gasteiger partial charge in [0.15, 0.2) is 0 Å². The van der Waals surface area contributed by atoms with Gasteiger partial charge in [0.1, 0.15) is 5.82 Å². The minimum atomic E-state index is -0.376. The summed E-state index contributed by atoms with van der Waals surface area (Å²) in [5.41, 5.74) is 3.18. The molecule has 1 aliphatic heterocycles. The fraction of sp³-hybridized carbons (Fsp3) is 0.500. The number of hydrogen-bond donors (Lipinski definition) is 2. The predicted molar refractivity (Wildman–Crippen MR) is 69.6 cm³/mol. The van der Waals surface area contributed by atoms with E-state index in [0.717, 1.165) is 24.5 Å². The SMILES string of the molecule is CONC(=O)NCc1cccnc1N1CCOCC1. The van der Waals surface area contributed by atoms with Gasteiger partial charge in [-0.25, -0.2) is 15.3 Å². The van der Waals surface area contributed by atoms with Crippen molar-refractivity contribution in [3.8, 4) is 0 Å². The van der Waals surface area contributed by atoms with Gasteiger partial charge in [0.25, 0.3) is 0 Å². The molecule has 2 rings (SSSR count). The fourth-order valence-corrected chi connectivity index (χ4v) is 1.93. The summed E-state index contributed by atoms with van der Waals surface area (Å²) >= 11 is 0. The first-order valence-electron chi connectivity index (χ1n) is 6.14. The van der Waals surface area contributed by atoms with Gasteiger partial charge in [-0.05, 0) is 6.07 Å². The van der Waals surface area contributed by atoms with Crippen molar-refractivity contribution in [1.82, 2.24) is 15.8 Å². The number of rotatable bonds is 4. The van der Waals surface area contributed by atoms with Crippen molar-refractivity contribution in [1.29, 1.82) is 0 Å². The summed E-state index contributed by atoms with van der Waals surface area (Å²) in [6.45, 7) is 3.43. The monoisotopic (exact) mass is 266 g/mol. The third-order valence-electron chi connectivity index (χ3n) is 2.81. The maximum absolute atomic E-state index is 11.3. The molecule has 7 heteroatoms. The number of carbonyl (C=O) groups excluding carboxylic acids is 1. The number of pyridine rings is 1. The minimum absolute atomic E-state index is 0.376. The third-order valence-corrected chi connectivity index (χ3v) is 2.81. The van der Waals surface area contributed by atoms with Crippen molar-refractivity contribution in [2.75, 3.05) is 38.3 Å². The van der Waals surface area contributed by atoms with Crippen LogP contribution in [0.2, 0.25) is 0 Å². The van der Waals surface area contributed by atoms with Gasteiger partial charge in [-0.2, -0.15) is 0 Å². The predicted octanol–water partition coefficient (Wildman–Crippen LogP) is 0.279. The molecule has 0 bridgehead atoms. The average molecular weight is 266 g/mol. The topological polar surface area (TPSA) is 75.7 Å². The molecule has 1 fully saturated rings. The lowest BCUT2D eigenvalue weighted by atomic mass is 10.2. The number of anilines is 1. The zero-order valence-corrected chi connectivity index (χ0v) is 10.9. The van der Waals surface area contributed by atoms with Crippen LogP contribution in [0.25, 0.3) is 0 Å². The molecular formula is C12H18N4O3. The maximum atomic E-state index is 11.3.